The van der Waals surface area contributed by atoms with Crippen molar-refractivity contribution in [2.24, 2.45) is 0 Å². The van der Waals surface area contributed by atoms with Gasteiger partial charge in [-0.1, -0.05) is 0 Å². The van der Waals surface area contributed by atoms with E-state index in [9.17, 15) is 4.79 Å². The monoisotopic (exact) mass is 351 g/mol. The number of imidazole rings is 1. The molecule has 3 heterocycles. The molecule has 1 aliphatic rings. The predicted octanol–water partition coefficient (Wildman–Crippen LogP) is 2.14. The van der Waals surface area contributed by atoms with E-state index in [0.717, 1.165) is 35.4 Å². The first-order chi connectivity index (χ1) is 12.7. The zero-order valence-corrected chi connectivity index (χ0v) is 14.7. The second kappa shape index (κ2) is 7.21. The van der Waals surface area contributed by atoms with E-state index in [4.69, 9.17) is 4.74 Å². The molecule has 1 fully saturated rings. The summed E-state index contributed by atoms with van der Waals surface area (Å²) in [7, 11) is 0. The number of hydrogen-bond donors (Lipinski definition) is 1. The van der Waals surface area contributed by atoms with Gasteiger partial charge in [-0.05, 0) is 44.0 Å². The molecule has 7 heteroatoms. The SMILES string of the molecule is Cc1nc2ccc(C(=O)N3CCO[C@@H](CCc4ccncn4)C3)cc2[nH]1. The van der Waals surface area contributed by atoms with Crippen LogP contribution in [0.2, 0.25) is 0 Å². The molecule has 0 unspecified atom stereocenters. The Morgan fingerprint density at radius 1 is 1.38 bits per heavy atom. The summed E-state index contributed by atoms with van der Waals surface area (Å²) in [6, 6.07) is 7.52. The normalized spacial score (nSPS) is 17.6. The lowest BCUT2D eigenvalue weighted by atomic mass is 10.1. The molecule has 1 aromatic carbocycles. The second-order valence-electron chi connectivity index (χ2n) is 6.54. The molecule has 1 saturated heterocycles. The fraction of sp³-hybridized carbons (Fsp3) is 0.368. The molecule has 0 bridgehead atoms. The number of carbonyl (C=O) groups excluding carboxylic acids is 1. The van der Waals surface area contributed by atoms with Crippen LogP contribution in [0.3, 0.4) is 0 Å². The summed E-state index contributed by atoms with van der Waals surface area (Å²) in [6.07, 6.45) is 4.97. The fourth-order valence-corrected chi connectivity index (χ4v) is 3.31. The Kier molecular flexibility index (Phi) is 4.62. The standard InChI is InChI=1S/C19H21N5O2/c1-13-22-17-5-2-14(10-18(17)23-13)19(25)24-8-9-26-16(11-24)4-3-15-6-7-20-12-21-15/h2,5-7,10,12,16H,3-4,8-9,11H2,1H3,(H,22,23)/t16-/m0/s1. The quantitative estimate of drug-likeness (QED) is 0.778. The Hall–Kier alpha value is -2.80. The zero-order chi connectivity index (χ0) is 17.9. The van der Waals surface area contributed by atoms with E-state index in [1.165, 1.54) is 0 Å². The Labute approximate surface area is 151 Å². The first-order valence-electron chi connectivity index (χ1n) is 8.81. The molecule has 1 atom stereocenters. The molecular weight excluding hydrogens is 330 g/mol. The first kappa shape index (κ1) is 16.7. The van der Waals surface area contributed by atoms with Crippen LogP contribution < -0.4 is 0 Å². The molecule has 0 saturated carbocycles. The number of carbonyl (C=O) groups is 1. The highest BCUT2D eigenvalue weighted by atomic mass is 16.5. The number of nitrogens with one attached hydrogen (secondary N) is 1. The summed E-state index contributed by atoms with van der Waals surface area (Å²) in [6.45, 7) is 3.68. The van der Waals surface area contributed by atoms with E-state index in [1.807, 2.05) is 36.1 Å². The van der Waals surface area contributed by atoms with Crippen molar-refractivity contribution >= 4 is 16.9 Å². The number of aromatic amines is 1. The van der Waals surface area contributed by atoms with Crippen molar-refractivity contribution < 1.29 is 9.53 Å². The first-order valence-corrected chi connectivity index (χ1v) is 8.81. The number of rotatable bonds is 4. The van der Waals surface area contributed by atoms with E-state index in [1.54, 1.807) is 12.5 Å². The summed E-state index contributed by atoms with van der Waals surface area (Å²) in [5, 5.41) is 0. The predicted molar refractivity (Wildman–Crippen MR) is 96.8 cm³/mol. The van der Waals surface area contributed by atoms with Crippen LogP contribution in [0.25, 0.3) is 11.0 Å². The van der Waals surface area contributed by atoms with Crippen molar-refractivity contribution in [1.82, 2.24) is 24.8 Å². The lowest BCUT2D eigenvalue weighted by Gasteiger charge is -2.33. The molecule has 2 aromatic heterocycles. The Morgan fingerprint density at radius 3 is 3.15 bits per heavy atom. The number of aromatic nitrogens is 4. The van der Waals surface area contributed by atoms with Crippen molar-refractivity contribution in [3.8, 4) is 0 Å². The van der Waals surface area contributed by atoms with Crippen LogP contribution in [0.4, 0.5) is 0 Å². The summed E-state index contributed by atoms with van der Waals surface area (Å²) >= 11 is 0. The van der Waals surface area contributed by atoms with Crippen LogP contribution in [0.15, 0.2) is 36.8 Å². The van der Waals surface area contributed by atoms with E-state index in [2.05, 4.69) is 19.9 Å². The van der Waals surface area contributed by atoms with Crippen molar-refractivity contribution in [2.75, 3.05) is 19.7 Å². The smallest absolute Gasteiger partial charge is 0.254 e. The van der Waals surface area contributed by atoms with E-state index in [0.29, 0.717) is 25.3 Å². The third-order valence-corrected chi connectivity index (χ3v) is 4.64. The molecule has 0 radical (unpaired) electrons. The maximum Gasteiger partial charge on any atom is 0.254 e. The van der Waals surface area contributed by atoms with E-state index < -0.39 is 0 Å². The van der Waals surface area contributed by atoms with Gasteiger partial charge in [0.15, 0.2) is 0 Å². The molecule has 134 valence electrons. The van der Waals surface area contributed by atoms with E-state index in [-0.39, 0.29) is 12.0 Å². The fourth-order valence-electron chi connectivity index (χ4n) is 3.31. The molecule has 1 amide bonds. The Morgan fingerprint density at radius 2 is 2.31 bits per heavy atom. The summed E-state index contributed by atoms with van der Waals surface area (Å²) < 4.78 is 5.84. The largest absolute Gasteiger partial charge is 0.375 e. The van der Waals surface area contributed by atoms with Gasteiger partial charge in [-0.25, -0.2) is 15.0 Å². The highest BCUT2D eigenvalue weighted by molar-refractivity contribution is 5.97. The van der Waals surface area contributed by atoms with Gasteiger partial charge in [0, 0.05) is 30.5 Å². The number of benzene rings is 1. The average Bonchev–Trinajstić information content (AvgIpc) is 3.06. The highest BCUT2D eigenvalue weighted by Crippen LogP contribution is 2.18. The van der Waals surface area contributed by atoms with Gasteiger partial charge in [-0.3, -0.25) is 4.79 Å². The van der Waals surface area contributed by atoms with Crippen LogP contribution in [-0.2, 0) is 11.2 Å². The summed E-state index contributed by atoms with van der Waals surface area (Å²) in [4.78, 5) is 30.5. The van der Waals surface area contributed by atoms with Crippen LogP contribution in [-0.4, -0.2) is 56.5 Å². The zero-order valence-electron chi connectivity index (χ0n) is 14.7. The van der Waals surface area contributed by atoms with Gasteiger partial charge in [-0.15, -0.1) is 0 Å². The third-order valence-electron chi connectivity index (χ3n) is 4.64. The average molecular weight is 351 g/mol. The number of morpholine rings is 1. The van der Waals surface area contributed by atoms with Crippen LogP contribution >= 0.6 is 0 Å². The maximum atomic E-state index is 12.9. The van der Waals surface area contributed by atoms with Crippen LogP contribution in [0, 0.1) is 6.92 Å². The number of hydrogen-bond acceptors (Lipinski definition) is 5. The maximum absolute atomic E-state index is 12.9. The molecule has 1 N–H and O–H groups in total. The van der Waals surface area contributed by atoms with Crippen LogP contribution in [0.1, 0.15) is 28.3 Å². The molecule has 0 spiro atoms. The number of amides is 1. The minimum Gasteiger partial charge on any atom is -0.375 e. The number of aryl methyl sites for hydroxylation is 2. The summed E-state index contributed by atoms with van der Waals surface area (Å²) in [5.74, 6) is 0.884. The molecule has 7 nitrogen and oxygen atoms in total. The van der Waals surface area contributed by atoms with Crippen LogP contribution in [0.5, 0.6) is 0 Å². The van der Waals surface area contributed by atoms with E-state index >= 15 is 0 Å². The molecule has 0 aliphatic carbocycles. The third kappa shape index (κ3) is 3.57. The Bertz CT molecular complexity index is 909. The molecule has 26 heavy (non-hydrogen) atoms. The topological polar surface area (TPSA) is 84.0 Å². The minimum absolute atomic E-state index is 0.0285. The number of ether oxygens (including phenoxy) is 1. The van der Waals surface area contributed by atoms with Gasteiger partial charge < -0.3 is 14.6 Å². The van der Waals surface area contributed by atoms with Gasteiger partial charge >= 0.3 is 0 Å². The number of H-pyrrole nitrogens is 1. The highest BCUT2D eigenvalue weighted by Gasteiger charge is 2.25. The number of fused-ring (bicyclic) bond motifs is 1. The van der Waals surface area contributed by atoms with Crippen molar-refractivity contribution in [3.63, 3.8) is 0 Å². The lowest BCUT2D eigenvalue weighted by molar-refractivity contribution is -0.0246. The Balaban J connectivity index is 1.41. The summed E-state index contributed by atoms with van der Waals surface area (Å²) in [5.41, 5.74) is 3.44. The molecule has 1 aliphatic heterocycles. The van der Waals surface area contributed by atoms with Gasteiger partial charge in [-0.2, -0.15) is 0 Å². The van der Waals surface area contributed by atoms with Crippen molar-refractivity contribution in [3.05, 3.63) is 53.9 Å². The van der Waals surface area contributed by atoms with Gasteiger partial charge in [0.25, 0.3) is 5.91 Å². The van der Waals surface area contributed by atoms with Crippen molar-refractivity contribution in [1.29, 1.82) is 0 Å². The number of nitrogens with zero attached hydrogens (tertiary/aromatic N) is 4. The molecule has 3 aromatic rings. The van der Waals surface area contributed by atoms with Gasteiger partial charge in [0.2, 0.25) is 0 Å². The minimum atomic E-state index is 0.0285. The second-order valence-corrected chi connectivity index (χ2v) is 6.54. The van der Waals surface area contributed by atoms with Gasteiger partial charge in [0.05, 0.1) is 23.7 Å². The van der Waals surface area contributed by atoms with Gasteiger partial charge in [0.1, 0.15) is 12.2 Å². The molecule has 4 rings (SSSR count). The van der Waals surface area contributed by atoms with Crippen molar-refractivity contribution in [2.45, 2.75) is 25.9 Å². The lowest BCUT2D eigenvalue weighted by Crippen LogP contribution is -2.45. The molecular formula is C19H21N5O2.